The molecule has 0 atom stereocenters. The van der Waals surface area contributed by atoms with E-state index in [1.807, 2.05) is 115 Å². The molecule has 0 saturated carbocycles. The van der Waals surface area contributed by atoms with E-state index in [1.165, 1.54) is 0 Å². The standard InChI is InChI=1S/C30H27N5O2.2BrH/c1-34-18-15-25(16-19-34)31-22-11-13-24(14-12-22)33-30(36)21-7-9-23(10-8-21)32-27-17-20-35(2)29-26(27)5-4-6-28(29)37-3;;/h4-20H,1-3H3,(H,33,36);2*1H. The molecule has 0 unspecified atom stereocenters. The fraction of sp³-hybridized carbons (Fsp3) is 0.100. The van der Waals surface area contributed by atoms with Gasteiger partial charge in [-0.15, -0.1) is 34.0 Å². The second-order valence-electron chi connectivity index (χ2n) is 8.66. The maximum atomic E-state index is 12.8. The average molecular weight is 651 g/mol. The Balaban J connectivity index is 0.00000210. The molecule has 0 fully saturated rings. The number of pyridine rings is 2. The first-order chi connectivity index (χ1) is 18.0. The number of hydrogen-bond acceptors (Lipinski definition) is 4. The number of methoxy groups -OCH3 is 1. The third-order valence-electron chi connectivity index (χ3n) is 6.03. The Hall–Kier alpha value is -3.95. The van der Waals surface area contributed by atoms with Gasteiger partial charge in [-0.1, -0.05) is 12.1 Å². The van der Waals surface area contributed by atoms with Crippen LogP contribution in [-0.4, -0.2) is 22.2 Å². The summed E-state index contributed by atoms with van der Waals surface area (Å²) in [6.07, 6.45) is 5.86. The van der Waals surface area contributed by atoms with E-state index < -0.39 is 0 Å². The van der Waals surface area contributed by atoms with Gasteiger partial charge in [0, 0.05) is 49.3 Å². The number of hydrogen-bond donors (Lipinski definition) is 1. The second-order valence-corrected chi connectivity index (χ2v) is 8.66. The van der Waals surface area contributed by atoms with E-state index in [1.54, 1.807) is 19.2 Å². The lowest BCUT2D eigenvalue weighted by Gasteiger charge is -2.10. The van der Waals surface area contributed by atoms with E-state index in [2.05, 4.69) is 10.3 Å². The number of para-hydroxylation sites is 1. The van der Waals surface area contributed by atoms with E-state index in [4.69, 9.17) is 9.73 Å². The van der Waals surface area contributed by atoms with Crippen LogP contribution in [0.4, 0.5) is 17.1 Å². The van der Waals surface area contributed by atoms with Gasteiger partial charge in [-0.3, -0.25) is 4.79 Å². The highest BCUT2D eigenvalue weighted by Gasteiger charge is 2.08. The summed E-state index contributed by atoms with van der Waals surface area (Å²) in [6.45, 7) is 0. The quantitative estimate of drug-likeness (QED) is 0.239. The molecular formula is C30H29Br2N5O2. The van der Waals surface area contributed by atoms with Crippen LogP contribution in [0.5, 0.6) is 5.75 Å². The molecule has 2 heterocycles. The van der Waals surface area contributed by atoms with Gasteiger partial charge >= 0.3 is 0 Å². The Labute approximate surface area is 247 Å². The summed E-state index contributed by atoms with van der Waals surface area (Å²) in [4.78, 5) is 22.2. The number of ether oxygens (including phenoxy) is 1. The lowest BCUT2D eigenvalue weighted by Crippen LogP contribution is -2.11. The summed E-state index contributed by atoms with van der Waals surface area (Å²) >= 11 is 0. The first-order valence-electron chi connectivity index (χ1n) is 11.9. The molecule has 1 N–H and O–H groups in total. The van der Waals surface area contributed by atoms with Crippen LogP contribution in [0.3, 0.4) is 0 Å². The number of aromatic nitrogens is 2. The van der Waals surface area contributed by atoms with Crippen molar-refractivity contribution in [2.24, 2.45) is 24.1 Å². The van der Waals surface area contributed by atoms with Gasteiger partial charge in [-0.2, -0.15) is 0 Å². The van der Waals surface area contributed by atoms with Crippen molar-refractivity contribution in [1.29, 1.82) is 0 Å². The summed E-state index contributed by atoms with van der Waals surface area (Å²) in [5, 5.41) is 5.63. The Kier molecular flexibility index (Phi) is 10.0. The topological polar surface area (TPSA) is 72.9 Å². The number of carbonyl (C=O) groups excluding carboxylic acids is 1. The van der Waals surface area contributed by atoms with Crippen LogP contribution < -0.4 is 20.8 Å². The van der Waals surface area contributed by atoms with Gasteiger partial charge in [-0.05, 0) is 72.8 Å². The zero-order valence-electron chi connectivity index (χ0n) is 21.7. The number of nitrogens with zero attached hydrogens (tertiary/aromatic N) is 4. The van der Waals surface area contributed by atoms with Gasteiger partial charge in [-0.25, -0.2) is 9.98 Å². The zero-order valence-corrected chi connectivity index (χ0v) is 25.2. The number of amides is 1. The fourth-order valence-corrected chi connectivity index (χ4v) is 4.07. The number of rotatable bonds is 5. The number of halogens is 2. The molecule has 7 nitrogen and oxygen atoms in total. The highest BCUT2D eigenvalue weighted by molar-refractivity contribution is 8.93. The highest BCUT2D eigenvalue weighted by atomic mass is 79.9. The van der Waals surface area contributed by atoms with Crippen molar-refractivity contribution >= 4 is 67.8 Å². The summed E-state index contributed by atoms with van der Waals surface area (Å²) in [6, 6.07) is 26.5. The summed E-state index contributed by atoms with van der Waals surface area (Å²) in [7, 11) is 5.61. The van der Waals surface area contributed by atoms with Gasteiger partial charge in [0.05, 0.1) is 34.7 Å². The maximum absolute atomic E-state index is 12.8. The van der Waals surface area contributed by atoms with Crippen LogP contribution in [0.1, 0.15) is 10.4 Å². The van der Waals surface area contributed by atoms with E-state index in [0.29, 0.717) is 11.3 Å². The van der Waals surface area contributed by atoms with Crippen molar-refractivity contribution in [3.63, 3.8) is 0 Å². The van der Waals surface area contributed by atoms with Gasteiger partial charge in [0.2, 0.25) is 0 Å². The zero-order chi connectivity index (χ0) is 25.8. The predicted octanol–water partition coefficient (Wildman–Crippen LogP) is 6.40. The number of nitrogens with one attached hydrogen (secondary N) is 1. The van der Waals surface area contributed by atoms with Crippen LogP contribution >= 0.6 is 34.0 Å². The Morgan fingerprint density at radius 2 is 1.41 bits per heavy atom. The van der Waals surface area contributed by atoms with Crippen LogP contribution in [-0.2, 0) is 14.1 Å². The molecular weight excluding hydrogens is 622 g/mol. The highest BCUT2D eigenvalue weighted by Crippen LogP contribution is 2.23. The van der Waals surface area contributed by atoms with E-state index >= 15 is 0 Å². The van der Waals surface area contributed by atoms with Gasteiger partial charge in [0.1, 0.15) is 5.75 Å². The molecule has 0 aliphatic rings. The van der Waals surface area contributed by atoms with Crippen molar-refractivity contribution in [3.8, 4) is 5.75 Å². The molecule has 5 rings (SSSR count). The molecule has 0 aliphatic carbocycles. The smallest absolute Gasteiger partial charge is 0.255 e. The molecule has 2 aromatic heterocycles. The van der Waals surface area contributed by atoms with Crippen LogP contribution in [0.25, 0.3) is 10.9 Å². The number of benzene rings is 3. The Bertz CT molecular complexity index is 1700. The maximum Gasteiger partial charge on any atom is 0.255 e. The van der Waals surface area contributed by atoms with E-state index in [-0.39, 0.29) is 39.9 Å². The molecule has 39 heavy (non-hydrogen) atoms. The predicted molar refractivity (Wildman–Crippen MR) is 167 cm³/mol. The van der Waals surface area contributed by atoms with E-state index in [0.717, 1.165) is 38.7 Å². The minimum atomic E-state index is -0.186. The minimum absolute atomic E-state index is 0. The van der Waals surface area contributed by atoms with Gasteiger partial charge in [0.25, 0.3) is 5.91 Å². The van der Waals surface area contributed by atoms with Crippen molar-refractivity contribution in [3.05, 3.63) is 120 Å². The first kappa shape index (κ1) is 29.6. The third kappa shape index (κ3) is 6.93. The largest absolute Gasteiger partial charge is 0.495 e. The van der Waals surface area contributed by atoms with Crippen molar-refractivity contribution in [2.75, 3.05) is 12.4 Å². The molecule has 0 saturated heterocycles. The van der Waals surface area contributed by atoms with Crippen molar-refractivity contribution in [2.45, 2.75) is 0 Å². The molecule has 5 aromatic rings. The normalized spacial score (nSPS) is 10.8. The first-order valence-corrected chi connectivity index (χ1v) is 11.9. The van der Waals surface area contributed by atoms with E-state index in [9.17, 15) is 4.79 Å². The lowest BCUT2D eigenvalue weighted by atomic mass is 10.1. The lowest BCUT2D eigenvalue weighted by molar-refractivity contribution is 0.102. The molecule has 0 aliphatic heterocycles. The summed E-state index contributed by atoms with van der Waals surface area (Å²) in [5.74, 6) is 0.605. The molecule has 1 amide bonds. The molecule has 3 aromatic carbocycles. The summed E-state index contributed by atoms with van der Waals surface area (Å²) < 4.78 is 9.50. The van der Waals surface area contributed by atoms with Crippen molar-refractivity contribution in [1.82, 2.24) is 9.13 Å². The molecule has 200 valence electrons. The molecule has 0 radical (unpaired) electrons. The number of anilines is 1. The fourth-order valence-electron chi connectivity index (χ4n) is 4.07. The number of carbonyl (C=O) groups is 1. The SMILES string of the molecule is Br.Br.COc1cccc2c(=Nc3ccc(C(=O)Nc4ccc(N=c5ccn(C)cc5)cc4)cc3)ccn(C)c12. The molecule has 0 spiro atoms. The van der Waals surface area contributed by atoms with Crippen LogP contribution in [0.2, 0.25) is 0 Å². The Morgan fingerprint density at radius 1 is 0.769 bits per heavy atom. The number of fused-ring (bicyclic) bond motifs is 1. The number of aryl methyl sites for hydroxylation is 2. The van der Waals surface area contributed by atoms with Gasteiger partial charge in [0.15, 0.2) is 0 Å². The van der Waals surface area contributed by atoms with Gasteiger partial charge < -0.3 is 19.2 Å². The molecule has 9 heteroatoms. The monoisotopic (exact) mass is 649 g/mol. The second kappa shape index (κ2) is 13.2. The van der Waals surface area contributed by atoms with Crippen LogP contribution in [0, 0.1) is 0 Å². The average Bonchev–Trinajstić information content (AvgIpc) is 2.92. The summed E-state index contributed by atoms with van der Waals surface area (Å²) in [5.41, 5.74) is 3.80. The Morgan fingerprint density at radius 3 is 2.08 bits per heavy atom. The van der Waals surface area contributed by atoms with Crippen LogP contribution in [0.15, 0.2) is 114 Å². The minimum Gasteiger partial charge on any atom is -0.495 e. The molecule has 0 bridgehead atoms. The third-order valence-corrected chi connectivity index (χ3v) is 6.03. The van der Waals surface area contributed by atoms with Crippen molar-refractivity contribution < 1.29 is 9.53 Å².